The molecule has 15 heavy (non-hydrogen) atoms. The van der Waals surface area contributed by atoms with Gasteiger partial charge in [-0.3, -0.25) is 10.2 Å². The number of aromatic amines is 2. The third-order valence-electron chi connectivity index (χ3n) is 1.14. The summed E-state index contributed by atoms with van der Waals surface area (Å²) in [6.45, 7) is 0. The van der Waals surface area contributed by atoms with Crippen molar-refractivity contribution in [2.45, 2.75) is 0 Å². The van der Waals surface area contributed by atoms with Crippen molar-refractivity contribution in [2.24, 2.45) is 0 Å². The molecule has 7 N–H and O–H groups in total. The quantitative estimate of drug-likeness (QED) is 0.378. The van der Waals surface area contributed by atoms with Crippen molar-refractivity contribution in [1.29, 1.82) is 0 Å². The number of nitrogens with two attached hydrogens (primary N) is 2. The van der Waals surface area contributed by atoms with Crippen LogP contribution >= 0.6 is 0 Å². The molecule has 2 aromatic heterocycles. The van der Waals surface area contributed by atoms with Crippen molar-refractivity contribution in [3.63, 3.8) is 0 Å². The number of carboxylic acid groups (broad SMARTS) is 1. The first kappa shape index (κ1) is 10.4. The molecule has 0 aromatic carbocycles. The molecule has 0 bridgehead atoms. The number of anilines is 2. The molecule has 0 saturated heterocycles. The second kappa shape index (κ2) is 4.55. The molecule has 0 aliphatic rings. The molecule has 0 aliphatic carbocycles. The lowest BCUT2D eigenvalue weighted by molar-refractivity contribution is 0.0684. The molecule has 2 heterocycles. The van der Waals surface area contributed by atoms with Crippen LogP contribution in [0.2, 0.25) is 0 Å². The van der Waals surface area contributed by atoms with Crippen LogP contribution in [0.15, 0.2) is 6.33 Å². The Morgan fingerprint density at radius 2 is 2.07 bits per heavy atom. The first-order chi connectivity index (χ1) is 7.09. The van der Waals surface area contributed by atoms with E-state index in [1.54, 1.807) is 0 Å². The monoisotopic (exact) mass is 212 g/mol. The summed E-state index contributed by atoms with van der Waals surface area (Å²) in [5.41, 5.74) is 10.0. The van der Waals surface area contributed by atoms with Crippen molar-refractivity contribution in [1.82, 2.24) is 30.4 Å². The summed E-state index contributed by atoms with van der Waals surface area (Å²) in [6.07, 6.45) is 1.43. The smallest absolute Gasteiger partial charge is 0.373 e. The summed E-state index contributed by atoms with van der Waals surface area (Å²) >= 11 is 0. The lowest BCUT2D eigenvalue weighted by Crippen LogP contribution is -1.98. The number of H-pyrrole nitrogens is 2. The van der Waals surface area contributed by atoms with Gasteiger partial charge in [0.1, 0.15) is 6.33 Å². The van der Waals surface area contributed by atoms with Gasteiger partial charge in [0.15, 0.2) is 0 Å². The zero-order valence-corrected chi connectivity index (χ0v) is 7.38. The molecular formula is C5H8N8O2. The molecular weight excluding hydrogens is 204 g/mol. The number of hydrogen-bond acceptors (Lipinski definition) is 7. The molecule has 10 heteroatoms. The van der Waals surface area contributed by atoms with Crippen LogP contribution in [0, 0.1) is 0 Å². The Balaban J connectivity index is 0.000000162. The van der Waals surface area contributed by atoms with Crippen LogP contribution < -0.4 is 11.5 Å². The van der Waals surface area contributed by atoms with E-state index in [2.05, 4.69) is 30.4 Å². The van der Waals surface area contributed by atoms with Gasteiger partial charge in [0.2, 0.25) is 17.7 Å². The fraction of sp³-hybridized carbons (Fsp3) is 0. The van der Waals surface area contributed by atoms with Gasteiger partial charge in [0.05, 0.1) is 0 Å². The van der Waals surface area contributed by atoms with E-state index in [1.807, 2.05) is 0 Å². The summed E-state index contributed by atoms with van der Waals surface area (Å²) in [4.78, 5) is 16.9. The number of nitrogens with zero attached hydrogens (tertiary/aromatic N) is 4. The second-order valence-corrected chi connectivity index (χ2v) is 2.20. The normalized spacial score (nSPS) is 9.07. The summed E-state index contributed by atoms with van der Waals surface area (Å²) in [5.74, 6) is -1.19. The summed E-state index contributed by atoms with van der Waals surface area (Å²) in [5, 5.41) is 19.5. The maximum Gasteiger partial charge on any atom is 0.373 e. The lowest BCUT2D eigenvalue weighted by atomic mass is 10.6. The fourth-order valence-corrected chi connectivity index (χ4v) is 0.589. The topological polar surface area (TPSA) is 172 Å². The SMILES string of the molecule is Nc1n[nH]c(C(=O)O)n1.Nc1nc[nH]n1. The minimum absolute atomic E-state index is 0.0626. The Morgan fingerprint density at radius 1 is 1.33 bits per heavy atom. The van der Waals surface area contributed by atoms with E-state index in [-0.39, 0.29) is 17.7 Å². The largest absolute Gasteiger partial charge is 0.475 e. The van der Waals surface area contributed by atoms with E-state index in [4.69, 9.17) is 16.6 Å². The van der Waals surface area contributed by atoms with Crippen molar-refractivity contribution in [2.75, 3.05) is 11.5 Å². The fourth-order valence-electron chi connectivity index (χ4n) is 0.589. The zero-order chi connectivity index (χ0) is 11.3. The van der Waals surface area contributed by atoms with Crippen molar-refractivity contribution >= 4 is 17.9 Å². The van der Waals surface area contributed by atoms with Crippen LogP contribution in [-0.2, 0) is 0 Å². The molecule has 0 fully saturated rings. The van der Waals surface area contributed by atoms with Gasteiger partial charge in [-0.25, -0.2) is 9.78 Å². The number of aromatic nitrogens is 6. The van der Waals surface area contributed by atoms with Gasteiger partial charge in [-0.15, -0.1) is 10.2 Å². The van der Waals surface area contributed by atoms with Crippen molar-refractivity contribution < 1.29 is 9.90 Å². The Bertz CT molecular complexity index is 420. The van der Waals surface area contributed by atoms with Crippen LogP contribution in [0.5, 0.6) is 0 Å². The van der Waals surface area contributed by atoms with Crippen LogP contribution in [0.25, 0.3) is 0 Å². The molecule has 10 nitrogen and oxygen atoms in total. The van der Waals surface area contributed by atoms with E-state index < -0.39 is 5.97 Å². The minimum Gasteiger partial charge on any atom is -0.475 e. The van der Waals surface area contributed by atoms with E-state index >= 15 is 0 Å². The van der Waals surface area contributed by atoms with Crippen LogP contribution in [0.3, 0.4) is 0 Å². The van der Waals surface area contributed by atoms with Crippen LogP contribution in [0.4, 0.5) is 11.9 Å². The highest BCUT2D eigenvalue weighted by molar-refractivity contribution is 5.83. The molecule has 80 valence electrons. The summed E-state index contributed by atoms with van der Waals surface area (Å²) in [7, 11) is 0. The highest BCUT2D eigenvalue weighted by Crippen LogP contribution is 1.90. The highest BCUT2D eigenvalue weighted by atomic mass is 16.4. The number of carboxylic acids is 1. The molecule has 2 aromatic rings. The predicted molar refractivity (Wildman–Crippen MR) is 48.5 cm³/mol. The lowest BCUT2D eigenvalue weighted by Gasteiger charge is -1.77. The van der Waals surface area contributed by atoms with E-state index in [1.165, 1.54) is 6.33 Å². The third kappa shape index (κ3) is 3.30. The number of nitrogen functional groups attached to an aromatic ring is 2. The molecule has 2 rings (SSSR count). The van der Waals surface area contributed by atoms with Gasteiger partial charge in [-0.05, 0) is 0 Å². The van der Waals surface area contributed by atoms with Gasteiger partial charge in [-0.2, -0.15) is 4.98 Å². The second-order valence-electron chi connectivity index (χ2n) is 2.20. The molecule has 0 saturated carbocycles. The number of hydrogen-bond donors (Lipinski definition) is 5. The third-order valence-corrected chi connectivity index (χ3v) is 1.14. The zero-order valence-electron chi connectivity index (χ0n) is 7.38. The van der Waals surface area contributed by atoms with Gasteiger partial charge < -0.3 is 16.6 Å². The Labute approximate surface area is 82.7 Å². The molecule has 0 spiro atoms. The molecule has 0 aliphatic heterocycles. The van der Waals surface area contributed by atoms with Gasteiger partial charge in [0.25, 0.3) is 0 Å². The first-order valence-electron chi connectivity index (χ1n) is 3.62. The number of carbonyl (C=O) groups is 1. The maximum atomic E-state index is 10.0. The van der Waals surface area contributed by atoms with Crippen LogP contribution in [-0.4, -0.2) is 41.4 Å². The molecule has 0 unspecified atom stereocenters. The molecule has 0 atom stereocenters. The standard InChI is InChI=1S/C3H4N4O2.C2H4N4/c4-3-5-1(2(8)9)6-7-3;3-2-4-1-5-6-2/h(H,8,9)(H3,4,5,6,7);1H,(H3,3,4,5,6). The minimum atomic E-state index is -1.17. The molecule has 0 amide bonds. The van der Waals surface area contributed by atoms with E-state index in [9.17, 15) is 4.79 Å². The number of nitrogens with one attached hydrogen (secondary N) is 2. The average Bonchev–Trinajstić information content (AvgIpc) is 2.77. The number of rotatable bonds is 1. The predicted octanol–water partition coefficient (Wildman–Crippen LogP) is -1.53. The Kier molecular flexibility index (Phi) is 3.16. The summed E-state index contributed by atoms with van der Waals surface area (Å²) < 4.78 is 0. The first-order valence-corrected chi connectivity index (χ1v) is 3.62. The van der Waals surface area contributed by atoms with Gasteiger partial charge in [0, 0.05) is 0 Å². The van der Waals surface area contributed by atoms with Crippen molar-refractivity contribution in [3.8, 4) is 0 Å². The average molecular weight is 212 g/mol. The Morgan fingerprint density at radius 3 is 2.27 bits per heavy atom. The van der Waals surface area contributed by atoms with E-state index in [0.29, 0.717) is 0 Å². The highest BCUT2D eigenvalue weighted by Gasteiger charge is 2.05. The van der Waals surface area contributed by atoms with Gasteiger partial charge in [-0.1, -0.05) is 0 Å². The summed E-state index contributed by atoms with van der Waals surface area (Å²) in [6, 6.07) is 0. The molecule has 0 radical (unpaired) electrons. The van der Waals surface area contributed by atoms with Crippen LogP contribution in [0.1, 0.15) is 10.6 Å². The van der Waals surface area contributed by atoms with Crippen molar-refractivity contribution in [3.05, 3.63) is 12.2 Å². The Hall–Kier alpha value is -2.65. The number of aromatic carboxylic acids is 1. The van der Waals surface area contributed by atoms with Gasteiger partial charge >= 0.3 is 5.97 Å². The van der Waals surface area contributed by atoms with E-state index in [0.717, 1.165) is 0 Å². The maximum absolute atomic E-state index is 10.0.